The monoisotopic (exact) mass is 222 g/mol. The van der Waals surface area contributed by atoms with Crippen LogP contribution in [0.25, 0.3) is 0 Å². The summed E-state index contributed by atoms with van der Waals surface area (Å²) in [7, 11) is 1.77. The molecule has 0 saturated carbocycles. The van der Waals surface area contributed by atoms with E-state index in [1.807, 2.05) is 0 Å². The second-order valence-corrected chi connectivity index (χ2v) is 4.93. The lowest BCUT2D eigenvalue weighted by Gasteiger charge is -2.34. The highest BCUT2D eigenvalue weighted by Crippen LogP contribution is 2.39. The third-order valence-corrected chi connectivity index (χ3v) is 3.24. The van der Waals surface area contributed by atoms with Crippen LogP contribution >= 0.6 is 0 Å². The molecule has 0 fully saturated rings. The summed E-state index contributed by atoms with van der Waals surface area (Å²) in [5.74, 6) is -2.35. The second-order valence-electron chi connectivity index (χ2n) is 4.93. The van der Waals surface area contributed by atoms with Crippen LogP contribution in [0, 0.1) is 11.3 Å². The minimum absolute atomic E-state index is 0.327. The predicted octanol–water partition coefficient (Wildman–Crippen LogP) is 0.886. The highest BCUT2D eigenvalue weighted by atomic mass is 16.4. The molecule has 86 valence electrons. The quantitative estimate of drug-likeness (QED) is 0.716. The number of rotatable bonds is 1. The van der Waals surface area contributed by atoms with E-state index < -0.39 is 17.3 Å². The van der Waals surface area contributed by atoms with Crippen molar-refractivity contribution in [2.45, 2.75) is 20.3 Å². The van der Waals surface area contributed by atoms with Crippen LogP contribution in [0.3, 0.4) is 0 Å². The van der Waals surface area contributed by atoms with Crippen molar-refractivity contribution in [3.05, 3.63) is 17.5 Å². The number of Topliss-reactive ketones (excluding diaryl/α,β-unsaturated/α-hetero) is 1. The van der Waals surface area contributed by atoms with Crippen LogP contribution in [0.2, 0.25) is 0 Å². The maximum absolute atomic E-state index is 12.1. The van der Waals surface area contributed by atoms with Gasteiger partial charge in [0.15, 0.2) is 5.78 Å². The number of aryl methyl sites for hydroxylation is 1. The number of carbonyl (C=O) groups excluding carboxylic acids is 1. The van der Waals surface area contributed by atoms with Crippen molar-refractivity contribution in [3.8, 4) is 0 Å². The van der Waals surface area contributed by atoms with Gasteiger partial charge >= 0.3 is 5.97 Å². The van der Waals surface area contributed by atoms with E-state index in [9.17, 15) is 9.59 Å². The molecule has 1 aliphatic rings. The first kappa shape index (κ1) is 10.9. The normalized spacial score (nSPS) is 22.9. The number of fused-ring (bicyclic) bond motifs is 1. The summed E-state index contributed by atoms with van der Waals surface area (Å²) in [5.41, 5.74) is 0.714. The molecule has 1 aliphatic carbocycles. The van der Waals surface area contributed by atoms with E-state index >= 15 is 0 Å². The zero-order valence-corrected chi connectivity index (χ0v) is 9.52. The molecule has 0 aromatic carbocycles. The van der Waals surface area contributed by atoms with Crippen molar-refractivity contribution >= 4 is 11.8 Å². The third kappa shape index (κ3) is 1.35. The van der Waals surface area contributed by atoms with Gasteiger partial charge in [-0.15, -0.1) is 0 Å². The summed E-state index contributed by atoms with van der Waals surface area (Å²) in [6.07, 6.45) is 2.02. The zero-order chi connectivity index (χ0) is 12.1. The summed E-state index contributed by atoms with van der Waals surface area (Å²) in [4.78, 5) is 23.2. The maximum Gasteiger partial charge on any atom is 0.314 e. The molecule has 1 heterocycles. The Morgan fingerprint density at radius 1 is 1.62 bits per heavy atom. The average Bonchev–Trinajstić information content (AvgIpc) is 2.45. The smallest absolute Gasteiger partial charge is 0.314 e. The fourth-order valence-corrected chi connectivity index (χ4v) is 2.37. The van der Waals surface area contributed by atoms with Crippen molar-refractivity contribution in [3.63, 3.8) is 0 Å². The van der Waals surface area contributed by atoms with Gasteiger partial charge in [-0.05, 0) is 11.8 Å². The molecular weight excluding hydrogens is 208 g/mol. The van der Waals surface area contributed by atoms with E-state index in [1.54, 1.807) is 25.6 Å². The molecule has 1 N–H and O–H groups in total. The SMILES string of the molecule is Cn1ncc2c1CC(C)(C)C(C(=O)O)C2=O. The number of aromatic nitrogens is 2. The second kappa shape index (κ2) is 3.17. The molecule has 0 saturated heterocycles. The van der Waals surface area contributed by atoms with Crippen LogP contribution in [0.5, 0.6) is 0 Å². The first-order valence-corrected chi connectivity index (χ1v) is 5.12. The summed E-state index contributed by atoms with van der Waals surface area (Å²) in [6, 6.07) is 0. The molecule has 0 aliphatic heterocycles. The number of aliphatic carboxylic acids is 1. The molecule has 5 heteroatoms. The van der Waals surface area contributed by atoms with Crippen molar-refractivity contribution in [2.24, 2.45) is 18.4 Å². The van der Waals surface area contributed by atoms with E-state index in [0.29, 0.717) is 12.0 Å². The summed E-state index contributed by atoms with van der Waals surface area (Å²) < 4.78 is 1.65. The van der Waals surface area contributed by atoms with Gasteiger partial charge < -0.3 is 5.11 Å². The van der Waals surface area contributed by atoms with Gasteiger partial charge in [0.1, 0.15) is 5.92 Å². The first-order valence-electron chi connectivity index (χ1n) is 5.12. The Morgan fingerprint density at radius 2 is 2.25 bits per heavy atom. The molecule has 16 heavy (non-hydrogen) atoms. The molecule has 0 spiro atoms. The lowest BCUT2D eigenvalue weighted by atomic mass is 9.68. The number of ketones is 1. The largest absolute Gasteiger partial charge is 0.481 e. The van der Waals surface area contributed by atoms with Crippen LogP contribution in [0.1, 0.15) is 29.9 Å². The number of carbonyl (C=O) groups is 2. The van der Waals surface area contributed by atoms with Gasteiger partial charge in [0.2, 0.25) is 0 Å². The van der Waals surface area contributed by atoms with Crippen molar-refractivity contribution in [1.29, 1.82) is 0 Å². The summed E-state index contributed by atoms with van der Waals surface area (Å²) in [5, 5.41) is 13.1. The molecule has 0 radical (unpaired) electrons. The Hall–Kier alpha value is -1.65. The van der Waals surface area contributed by atoms with E-state index in [4.69, 9.17) is 5.11 Å². The van der Waals surface area contributed by atoms with Crippen LogP contribution in [0.15, 0.2) is 6.20 Å². The Kier molecular flexibility index (Phi) is 2.15. The molecule has 1 atom stereocenters. The molecular formula is C11H14N2O3. The van der Waals surface area contributed by atoms with Crippen molar-refractivity contribution < 1.29 is 14.7 Å². The molecule has 0 bridgehead atoms. The number of hydrogen-bond acceptors (Lipinski definition) is 3. The van der Waals surface area contributed by atoms with Crippen molar-refractivity contribution in [2.75, 3.05) is 0 Å². The van der Waals surface area contributed by atoms with E-state index in [0.717, 1.165) is 5.69 Å². The van der Waals surface area contributed by atoms with Gasteiger partial charge in [0.25, 0.3) is 0 Å². The molecule has 1 unspecified atom stereocenters. The minimum atomic E-state index is -1.05. The first-order chi connectivity index (χ1) is 7.34. The van der Waals surface area contributed by atoms with E-state index in [-0.39, 0.29) is 5.78 Å². The zero-order valence-electron chi connectivity index (χ0n) is 9.52. The minimum Gasteiger partial charge on any atom is -0.481 e. The van der Waals surface area contributed by atoms with Gasteiger partial charge in [-0.2, -0.15) is 5.10 Å². The van der Waals surface area contributed by atoms with Crippen LogP contribution in [-0.4, -0.2) is 26.6 Å². The molecule has 1 aromatic rings. The van der Waals surface area contributed by atoms with Crippen molar-refractivity contribution in [1.82, 2.24) is 9.78 Å². The molecule has 5 nitrogen and oxygen atoms in total. The maximum atomic E-state index is 12.1. The number of hydrogen-bond donors (Lipinski definition) is 1. The molecule has 1 aromatic heterocycles. The number of carboxylic acids is 1. The lowest BCUT2D eigenvalue weighted by Crippen LogP contribution is -2.43. The van der Waals surface area contributed by atoms with Crippen LogP contribution in [-0.2, 0) is 18.3 Å². The van der Waals surface area contributed by atoms with Gasteiger partial charge in [-0.25, -0.2) is 0 Å². The van der Waals surface area contributed by atoms with Gasteiger partial charge in [-0.3, -0.25) is 14.3 Å². The number of nitrogens with zero attached hydrogens (tertiary/aromatic N) is 2. The third-order valence-electron chi connectivity index (χ3n) is 3.24. The molecule has 2 rings (SSSR count). The standard InChI is InChI=1S/C11H14N2O3/c1-11(2)4-7-6(5-12-13(7)3)9(14)8(11)10(15)16/h5,8H,4H2,1-3H3,(H,15,16). The predicted molar refractivity (Wildman–Crippen MR) is 56.1 cm³/mol. The number of carboxylic acid groups (broad SMARTS) is 1. The lowest BCUT2D eigenvalue weighted by molar-refractivity contribution is -0.143. The highest BCUT2D eigenvalue weighted by Gasteiger charge is 2.47. The Balaban J connectivity index is 2.57. The average molecular weight is 222 g/mol. The fraction of sp³-hybridized carbons (Fsp3) is 0.545. The fourth-order valence-electron chi connectivity index (χ4n) is 2.37. The van der Waals surface area contributed by atoms with Gasteiger partial charge in [0, 0.05) is 12.7 Å². The summed E-state index contributed by atoms with van der Waals surface area (Å²) in [6.45, 7) is 3.61. The molecule has 0 amide bonds. The van der Waals surface area contributed by atoms with E-state index in [1.165, 1.54) is 6.20 Å². The topological polar surface area (TPSA) is 72.2 Å². The Bertz CT molecular complexity index is 474. The highest BCUT2D eigenvalue weighted by molar-refractivity contribution is 6.10. The summed E-state index contributed by atoms with van der Waals surface area (Å²) >= 11 is 0. The Labute approximate surface area is 93.1 Å². The van der Waals surface area contributed by atoms with Gasteiger partial charge in [0.05, 0.1) is 11.8 Å². The van der Waals surface area contributed by atoms with Crippen LogP contribution < -0.4 is 0 Å². The Morgan fingerprint density at radius 3 is 2.81 bits per heavy atom. The van der Waals surface area contributed by atoms with Gasteiger partial charge in [-0.1, -0.05) is 13.8 Å². The van der Waals surface area contributed by atoms with Crippen LogP contribution in [0.4, 0.5) is 0 Å². The van der Waals surface area contributed by atoms with E-state index in [2.05, 4.69) is 5.10 Å².